The smallest absolute Gasteiger partial charge is 0.325 e. The summed E-state index contributed by atoms with van der Waals surface area (Å²) in [6.45, 7) is 1.73. The molecule has 192 valence electrons. The highest BCUT2D eigenvalue weighted by molar-refractivity contribution is 5.76. The molecule has 36 heavy (non-hydrogen) atoms. The van der Waals surface area contributed by atoms with Crippen LogP contribution in [0.25, 0.3) is 0 Å². The quantitative estimate of drug-likeness (QED) is 0.405. The Balaban J connectivity index is 1.00. The maximum atomic E-state index is 12.4. The van der Waals surface area contributed by atoms with Crippen LogP contribution in [0.15, 0.2) is 18.3 Å². The van der Waals surface area contributed by atoms with E-state index in [4.69, 9.17) is 9.97 Å². The van der Waals surface area contributed by atoms with E-state index in [1.54, 1.807) is 0 Å². The van der Waals surface area contributed by atoms with Gasteiger partial charge in [0.05, 0.1) is 5.69 Å². The minimum Gasteiger partial charge on any atom is -0.480 e. The van der Waals surface area contributed by atoms with Crippen molar-refractivity contribution in [3.8, 4) is 0 Å². The normalized spacial score (nSPS) is 22.9. The number of rotatable bonds is 11. The van der Waals surface area contributed by atoms with E-state index in [-0.39, 0.29) is 0 Å². The third-order valence-electron chi connectivity index (χ3n) is 8.77. The SMILES string of the molecule is O=C(O)C(c1cnc(C2CC2)nc1C1CC1)N1CC[C@@H](CCCCCc2ccc3c(n2)CCCC3)C1. The summed E-state index contributed by atoms with van der Waals surface area (Å²) in [4.78, 5) is 29.1. The molecule has 1 saturated heterocycles. The number of carbonyl (C=O) groups is 1. The zero-order valence-corrected chi connectivity index (χ0v) is 21.5. The fourth-order valence-corrected chi connectivity index (χ4v) is 6.35. The molecule has 3 heterocycles. The van der Waals surface area contributed by atoms with E-state index in [0.29, 0.717) is 17.8 Å². The first kappa shape index (κ1) is 24.0. The van der Waals surface area contributed by atoms with E-state index in [2.05, 4.69) is 22.0 Å². The van der Waals surface area contributed by atoms with Crippen molar-refractivity contribution in [2.45, 2.75) is 108 Å². The van der Waals surface area contributed by atoms with Crippen molar-refractivity contribution in [1.82, 2.24) is 19.9 Å². The molecule has 0 radical (unpaired) electrons. The molecule has 1 unspecified atom stereocenters. The molecular weight excluding hydrogens is 448 g/mol. The largest absolute Gasteiger partial charge is 0.480 e. The highest BCUT2D eigenvalue weighted by Crippen LogP contribution is 2.45. The maximum absolute atomic E-state index is 12.4. The van der Waals surface area contributed by atoms with Gasteiger partial charge in [0.1, 0.15) is 11.9 Å². The maximum Gasteiger partial charge on any atom is 0.325 e. The predicted molar refractivity (Wildman–Crippen MR) is 139 cm³/mol. The van der Waals surface area contributed by atoms with Crippen molar-refractivity contribution < 1.29 is 9.90 Å². The van der Waals surface area contributed by atoms with Gasteiger partial charge in [0.25, 0.3) is 0 Å². The molecular formula is C30H40N4O2. The lowest BCUT2D eigenvalue weighted by molar-refractivity contribution is -0.143. The van der Waals surface area contributed by atoms with E-state index < -0.39 is 12.0 Å². The fraction of sp³-hybridized carbons (Fsp3) is 0.667. The number of aromatic nitrogens is 3. The lowest BCUT2D eigenvalue weighted by atomic mass is 9.95. The number of hydrogen-bond donors (Lipinski definition) is 1. The molecule has 2 aromatic rings. The Hall–Kier alpha value is -2.34. The standard InChI is InChI=1S/C30H40N4O2/c35-30(36)28(25-18-31-29(23-12-13-23)33-27(25)22-10-11-22)34-17-16-20(19-34)6-2-1-3-8-24-15-14-21-7-4-5-9-26(21)32-24/h14-15,18,20,22-23,28H,1-13,16-17,19H2,(H,35,36)/t20-,28?/m1/s1. The number of carboxylic acids is 1. The molecule has 0 amide bonds. The molecule has 6 nitrogen and oxygen atoms in total. The van der Waals surface area contributed by atoms with Gasteiger partial charge < -0.3 is 5.11 Å². The average molecular weight is 489 g/mol. The van der Waals surface area contributed by atoms with Crippen molar-refractivity contribution in [3.63, 3.8) is 0 Å². The second-order valence-electron chi connectivity index (χ2n) is 11.7. The molecule has 3 aliphatic carbocycles. The van der Waals surface area contributed by atoms with Crippen LogP contribution in [0.1, 0.15) is 123 Å². The van der Waals surface area contributed by atoms with Crippen LogP contribution in [0, 0.1) is 5.92 Å². The van der Waals surface area contributed by atoms with Gasteiger partial charge in [-0.3, -0.25) is 14.7 Å². The molecule has 2 atom stereocenters. The fourth-order valence-electron chi connectivity index (χ4n) is 6.35. The molecule has 1 N–H and O–H groups in total. The molecule has 0 spiro atoms. The number of pyridine rings is 1. The molecule has 6 heteroatoms. The van der Waals surface area contributed by atoms with Gasteiger partial charge in [-0.2, -0.15) is 0 Å². The number of hydrogen-bond acceptors (Lipinski definition) is 5. The molecule has 0 bridgehead atoms. The zero-order chi connectivity index (χ0) is 24.5. The zero-order valence-electron chi connectivity index (χ0n) is 21.5. The summed E-state index contributed by atoms with van der Waals surface area (Å²) in [6.07, 6.45) is 18.4. The number of aliphatic carboxylic acids is 1. The van der Waals surface area contributed by atoms with E-state index >= 15 is 0 Å². The Morgan fingerprint density at radius 2 is 1.83 bits per heavy atom. The van der Waals surface area contributed by atoms with Crippen LogP contribution >= 0.6 is 0 Å². The van der Waals surface area contributed by atoms with Gasteiger partial charge in [-0.25, -0.2) is 9.97 Å². The topological polar surface area (TPSA) is 79.2 Å². The van der Waals surface area contributed by atoms with Crippen LogP contribution in [0.4, 0.5) is 0 Å². The van der Waals surface area contributed by atoms with Crippen LogP contribution in [-0.2, 0) is 24.1 Å². The summed E-state index contributed by atoms with van der Waals surface area (Å²) in [7, 11) is 0. The van der Waals surface area contributed by atoms with Crippen LogP contribution < -0.4 is 0 Å². The summed E-state index contributed by atoms with van der Waals surface area (Å²) in [5.41, 5.74) is 5.94. The van der Waals surface area contributed by atoms with Gasteiger partial charge >= 0.3 is 5.97 Å². The number of nitrogens with zero attached hydrogens (tertiary/aromatic N) is 4. The van der Waals surface area contributed by atoms with Crippen molar-refractivity contribution in [2.75, 3.05) is 13.1 Å². The van der Waals surface area contributed by atoms with E-state index in [0.717, 1.165) is 62.3 Å². The minimum absolute atomic E-state index is 0.436. The van der Waals surface area contributed by atoms with Crippen molar-refractivity contribution in [3.05, 3.63) is 52.4 Å². The van der Waals surface area contributed by atoms with E-state index in [1.807, 2.05) is 6.20 Å². The summed E-state index contributed by atoms with van der Waals surface area (Å²) >= 11 is 0. The molecule has 6 rings (SSSR count). The second-order valence-corrected chi connectivity index (χ2v) is 11.7. The van der Waals surface area contributed by atoms with E-state index in [1.165, 1.54) is 74.7 Å². The molecule has 2 aromatic heterocycles. The molecule has 1 aliphatic heterocycles. The van der Waals surface area contributed by atoms with Gasteiger partial charge in [-0.1, -0.05) is 18.9 Å². The average Bonchev–Trinajstić information content (AvgIpc) is 3.82. The Bertz CT molecular complexity index is 1090. The second kappa shape index (κ2) is 10.6. The lowest BCUT2D eigenvalue weighted by Crippen LogP contribution is -2.33. The van der Waals surface area contributed by atoms with Crippen molar-refractivity contribution in [1.29, 1.82) is 0 Å². The first-order chi connectivity index (χ1) is 17.7. The molecule has 0 aromatic carbocycles. The third-order valence-corrected chi connectivity index (χ3v) is 8.77. The Kier molecular flexibility index (Phi) is 7.05. The number of likely N-dealkylation sites (tertiary alicyclic amines) is 1. The van der Waals surface area contributed by atoms with Crippen LogP contribution in [-0.4, -0.2) is 44.0 Å². The summed E-state index contributed by atoms with van der Waals surface area (Å²) in [5, 5.41) is 10.2. The lowest BCUT2D eigenvalue weighted by Gasteiger charge is -2.26. The summed E-state index contributed by atoms with van der Waals surface area (Å²) in [5.74, 6) is 1.71. The van der Waals surface area contributed by atoms with Gasteiger partial charge in [-0.15, -0.1) is 0 Å². The van der Waals surface area contributed by atoms with Crippen LogP contribution in [0.3, 0.4) is 0 Å². The molecule has 3 fully saturated rings. The van der Waals surface area contributed by atoms with Gasteiger partial charge in [0, 0.05) is 41.5 Å². The first-order valence-corrected chi connectivity index (χ1v) is 14.5. The van der Waals surface area contributed by atoms with Crippen molar-refractivity contribution in [2.24, 2.45) is 5.92 Å². The number of fused-ring (bicyclic) bond motifs is 1. The first-order valence-electron chi connectivity index (χ1n) is 14.5. The predicted octanol–water partition coefficient (Wildman–Crippen LogP) is 5.76. The third kappa shape index (κ3) is 5.49. The monoisotopic (exact) mass is 488 g/mol. The molecule has 2 saturated carbocycles. The Morgan fingerprint density at radius 3 is 2.64 bits per heavy atom. The number of carboxylic acid groups (broad SMARTS) is 1. The number of unbranched alkanes of at least 4 members (excludes halogenated alkanes) is 2. The number of aryl methyl sites for hydroxylation is 3. The summed E-state index contributed by atoms with van der Waals surface area (Å²) in [6, 6.07) is 3.94. The molecule has 4 aliphatic rings. The van der Waals surface area contributed by atoms with Gasteiger partial charge in [0.15, 0.2) is 0 Å². The van der Waals surface area contributed by atoms with Crippen LogP contribution in [0.5, 0.6) is 0 Å². The minimum atomic E-state index is -0.752. The van der Waals surface area contributed by atoms with Crippen molar-refractivity contribution >= 4 is 5.97 Å². The highest BCUT2D eigenvalue weighted by Gasteiger charge is 2.39. The van der Waals surface area contributed by atoms with Gasteiger partial charge in [0.2, 0.25) is 0 Å². The van der Waals surface area contributed by atoms with Gasteiger partial charge in [-0.05, 0) is 101 Å². The van der Waals surface area contributed by atoms with E-state index in [9.17, 15) is 9.90 Å². The Morgan fingerprint density at radius 1 is 1.00 bits per heavy atom. The highest BCUT2D eigenvalue weighted by atomic mass is 16.4. The Labute approximate surface area is 215 Å². The van der Waals surface area contributed by atoms with Crippen LogP contribution in [0.2, 0.25) is 0 Å². The summed E-state index contributed by atoms with van der Waals surface area (Å²) < 4.78 is 0.